The molecule has 1 aromatic carbocycles. The molecule has 0 aliphatic carbocycles. The van der Waals surface area contributed by atoms with Crippen LogP contribution in [0.15, 0.2) is 30.3 Å². The smallest absolute Gasteiger partial charge is 0.409 e. The number of rotatable bonds is 5. The fraction of sp³-hybridized carbons (Fsp3) is 0.500. The summed E-state index contributed by atoms with van der Waals surface area (Å²) in [6.45, 7) is 2.80. The molecule has 164 valence electrons. The zero-order chi connectivity index (χ0) is 22.3. The molecule has 0 aromatic heterocycles. The summed E-state index contributed by atoms with van der Waals surface area (Å²) < 4.78 is 7.61. The number of halogens is 3. The van der Waals surface area contributed by atoms with Crippen molar-refractivity contribution >= 4 is 64.5 Å². The Kier molecular flexibility index (Phi) is 6.42. The van der Waals surface area contributed by atoms with Gasteiger partial charge in [-0.2, -0.15) is 0 Å². The van der Waals surface area contributed by atoms with Gasteiger partial charge >= 0.3 is 12.1 Å². The van der Waals surface area contributed by atoms with Crippen LogP contribution in [0.25, 0.3) is 0 Å². The third-order valence-corrected chi connectivity index (χ3v) is 6.85. The molecule has 0 radical (unpaired) electrons. The van der Waals surface area contributed by atoms with E-state index in [1.807, 2.05) is 6.07 Å². The van der Waals surface area contributed by atoms with Gasteiger partial charge in [0, 0.05) is 0 Å². The molecule has 1 aromatic rings. The zero-order valence-electron chi connectivity index (χ0n) is 16.1. The van der Waals surface area contributed by atoms with Crippen molar-refractivity contribution in [3.8, 4) is 0 Å². The first-order valence-corrected chi connectivity index (χ1v) is 10.9. The number of esters is 1. The Morgan fingerprint density at radius 3 is 2.47 bits per heavy atom. The number of fused-ring (bicyclic) bond motifs is 1. The molecule has 3 atom stereocenters. The van der Waals surface area contributed by atoms with Crippen molar-refractivity contribution in [3.63, 3.8) is 0 Å². The number of carbonyl (C=O) groups excluding carboxylic acids is 3. The number of alkyl halides is 3. The highest BCUT2D eigenvalue weighted by atomic mass is 35.6. The first-order valence-electron chi connectivity index (χ1n) is 8.88. The predicted molar refractivity (Wildman–Crippen MR) is 114 cm³/mol. The van der Waals surface area contributed by atoms with E-state index in [1.54, 1.807) is 38.1 Å². The lowest BCUT2D eigenvalue weighted by atomic mass is 9.89. The first-order chi connectivity index (χ1) is 13.9. The minimum Gasteiger partial charge on any atom is -0.458 e. The van der Waals surface area contributed by atoms with Gasteiger partial charge in [0.05, 0.1) is 4.75 Å². The van der Waals surface area contributed by atoms with Gasteiger partial charge in [0.1, 0.15) is 24.6 Å². The van der Waals surface area contributed by atoms with Crippen LogP contribution in [0.4, 0.5) is 4.79 Å². The van der Waals surface area contributed by atoms with Gasteiger partial charge in [-0.25, -0.2) is 9.59 Å². The molecule has 30 heavy (non-hydrogen) atoms. The highest BCUT2D eigenvalue weighted by molar-refractivity contribution is 8.01. The van der Waals surface area contributed by atoms with Gasteiger partial charge in [0.15, 0.2) is 0 Å². The molecule has 2 fully saturated rings. The van der Waals surface area contributed by atoms with E-state index in [-0.39, 0.29) is 6.61 Å². The summed E-state index contributed by atoms with van der Waals surface area (Å²) in [5.41, 5.74) is 4.79. The van der Waals surface area contributed by atoms with E-state index in [9.17, 15) is 14.4 Å². The summed E-state index contributed by atoms with van der Waals surface area (Å²) in [5.74, 6) is -1.31. The Hall–Kier alpha value is -1.39. The fourth-order valence-corrected chi connectivity index (χ4v) is 5.21. The van der Waals surface area contributed by atoms with Gasteiger partial charge in [-0.05, 0) is 19.4 Å². The summed E-state index contributed by atoms with van der Waals surface area (Å²) >= 11 is 18.1. The van der Waals surface area contributed by atoms with Crippen molar-refractivity contribution in [3.05, 3.63) is 35.9 Å². The first kappa shape index (κ1) is 23.3. The summed E-state index contributed by atoms with van der Waals surface area (Å²) in [7, 11) is 0. The van der Waals surface area contributed by atoms with Gasteiger partial charge in [0.25, 0.3) is 0 Å². The highest BCUT2D eigenvalue weighted by Gasteiger charge is 2.73. The summed E-state index contributed by atoms with van der Waals surface area (Å²) in [6, 6.07) is 8.20. The van der Waals surface area contributed by atoms with E-state index in [2.05, 4.69) is 5.32 Å². The lowest BCUT2D eigenvalue weighted by molar-refractivity contribution is -0.177. The van der Waals surface area contributed by atoms with E-state index in [0.717, 1.165) is 5.56 Å². The summed E-state index contributed by atoms with van der Waals surface area (Å²) in [6.07, 6.45) is -1.04. The Labute approximate surface area is 192 Å². The molecule has 2 aliphatic rings. The third-order valence-electron chi connectivity index (χ3n) is 4.89. The molecule has 2 amide bonds. The maximum absolute atomic E-state index is 13.3. The largest absolute Gasteiger partial charge is 0.458 e. The standard InChI is InChI=1S/C18H20Cl3N3O5S/c1-16(2)18(23-15(27)29-9-17(19,20)21,24-12(25)11(22)13(24)30-16)14(26)28-8-10-6-4-3-5-7-10/h3-7,11,13H,8-9,22H2,1-2H3,(H,23,27)/t11-,13-,18+/m1/s1. The van der Waals surface area contributed by atoms with Gasteiger partial charge in [-0.3, -0.25) is 15.0 Å². The number of nitrogens with one attached hydrogen (secondary N) is 1. The van der Waals surface area contributed by atoms with Crippen molar-refractivity contribution in [2.24, 2.45) is 5.73 Å². The van der Waals surface area contributed by atoms with E-state index < -0.39 is 50.2 Å². The quantitative estimate of drug-likeness (QED) is 0.366. The van der Waals surface area contributed by atoms with Crippen molar-refractivity contribution in [2.75, 3.05) is 6.61 Å². The highest BCUT2D eigenvalue weighted by Crippen LogP contribution is 2.55. The van der Waals surface area contributed by atoms with Crippen LogP contribution in [0, 0.1) is 0 Å². The number of hydrogen-bond acceptors (Lipinski definition) is 7. The molecule has 0 spiro atoms. The van der Waals surface area contributed by atoms with Crippen LogP contribution in [0.3, 0.4) is 0 Å². The Morgan fingerprint density at radius 2 is 1.87 bits per heavy atom. The molecule has 12 heteroatoms. The van der Waals surface area contributed by atoms with E-state index in [0.29, 0.717) is 0 Å². The van der Waals surface area contributed by atoms with E-state index in [4.69, 9.17) is 50.0 Å². The van der Waals surface area contributed by atoms with Crippen molar-refractivity contribution in [2.45, 2.75) is 46.1 Å². The van der Waals surface area contributed by atoms with E-state index in [1.165, 1.54) is 16.7 Å². The SMILES string of the molecule is CC1(C)S[C@@H]2[C@H](N)C(=O)N2[C@@]1(NC(=O)OCC(Cl)(Cl)Cl)C(=O)OCc1ccccc1. The Balaban J connectivity index is 1.87. The summed E-state index contributed by atoms with van der Waals surface area (Å²) in [4.78, 5) is 39.6. The molecule has 0 bridgehead atoms. The predicted octanol–water partition coefficient (Wildman–Crippen LogP) is 2.54. The van der Waals surface area contributed by atoms with Gasteiger partial charge in [-0.15, -0.1) is 11.8 Å². The van der Waals surface area contributed by atoms with E-state index >= 15 is 0 Å². The van der Waals surface area contributed by atoms with Gasteiger partial charge in [0.2, 0.25) is 15.4 Å². The molecule has 3 rings (SSSR count). The van der Waals surface area contributed by atoms with Crippen LogP contribution >= 0.6 is 46.6 Å². The van der Waals surface area contributed by atoms with Crippen LogP contribution in [-0.4, -0.2) is 55.1 Å². The Morgan fingerprint density at radius 1 is 1.23 bits per heavy atom. The second kappa shape index (κ2) is 8.27. The van der Waals surface area contributed by atoms with Crippen LogP contribution in [0.5, 0.6) is 0 Å². The number of thioether (sulfide) groups is 1. The van der Waals surface area contributed by atoms with Gasteiger partial charge in [-0.1, -0.05) is 65.1 Å². The number of benzene rings is 1. The second-order valence-electron chi connectivity index (χ2n) is 7.34. The normalized spacial score (nSPS) is 27.1. The lowest BCUT2D eigenvalue weighted by Crippen LogP contribution is -2.79. The summed E-state index contributed by atoms with van der Waals surface area (Å²) in [5, 5.41) is 1.98. The number of carbonyl (C=O) groups is 3. The molecule has 2 saturated heterocycles. The number of ether oxygens (including phenoxy) is 2. The van der Waals surface area contributed by atoms with Gasteiger partial charge < -0.3 is 15.2 Å². The third kappa shape index (κ3) is 4.18. The van der Waals surface area contributed by atoms with Crippen molar-refractivity contribution in [1.29, 1.82) is 0 Å². The minimum absolute atomic E-state index is 0.0498. The molecule has 2 heterocycles. The fourth-order valence-electron chi connectivity index (χ4n) is 3.41. The number of hydrogen-bond donors (Lipinski definition) is 2. The molecule has 3 N–H and O–H groups in total. The van der Waals surface area contributed by atoms with Crippen molar-refractivity contribution < 1.29 is 23.9 Å². The number of amides is 2. The number of β-lactam (4-membered cyclic amide) rings is 1. The molecule has 2 aliphatic heterocycles. The topological polar surface area (TPSA) is 111 Å². The lowest BCUT2D eigenvalue weighted by Gasteiger charge is -2.49. The molecular formula is C18H20Cl3N3O5S. The average molecular weight is 497 g/mol. The number of alkyl carbamates (subject to hydrolysis) is 1. The van der Waals surface area contributed by atoms with Crippen LogP contribution < -0.4 is 11.1 Å². The van der Waals surface area contributed by atoms with Crippen LogP contribution in [0.1, 0.15) is 19.4 Å². The minimum atomic E-state index is -1.85. The van der Waals surface area contributed by atoms with Crippen molar-refractivity contribution in [1.82, 2.24) is 10.2 Å². The Bertz CT molecular complexity index is 851. The van der Waals surface area contributed by atoms with Crippen LogP contribution in [-0.2, 0) is 25.7 Å². The molecule has 0 saturated carbocycles. The van der Waals surface area contributed by atoms with Crippen LogP contribution in [0.2, 0.25) is 0 Å². The maximum atomic E-state index is 13.3. The molecule has 8 nitrogen and oxygen atoms in total. The number of nitrogens with zero attached hydrogens (tertiary/aromatic N) is 1. The zero-order valence-corrected chi connectivity index (χ0v) is 19.1. The molecular weight excluding hydrogens is 477 g/mol. The monoisotopic (exact) mass is 495 g/mol. The molecule has 0 unspecified atom stereocenters. The maximum Gasteiger partial charge on any atom is 0.409 e. The average Bonchev–Trinajstić information content (AvgIpc) is 2.90. The second-order valence-corrected chi connectivity index (χ2v) is 11.6. The number of nitrogens with two attached hydrogens (primary N) is 1.